The Hall–Kier alpha value is -1.53. The number of nitrogens with zero attached hydrogens (tertiary/aromatic N) is 1. The minimum Gasteiger partial charge on any atom is -0.468 e. The number of alkyl halides is 1. The average molecular weight is 210 g/mol. The van der Waals surface area contributed by atoms with E-state index in [1.54, 1.807) is 24.3 Å². The van der Waals surface area contributed by atoms with Gasteiger partial charge in [0.05, 0.1) is 18.7 Å². The maximum absolute atomic E-state index is 11.0. The Morgan fingerprint density at radius 1 is 1.50 bits per heavy atom. The van der Waals surface area contributed by atoms with Gasteiger partial charge in [0.1, 0.15) is 0 Å². The molecule has 0 N–H and O–H groups in total. The van der Waals surface area contributed by atoms with Gasteiger partial charge >= 0.3 is 5.97 Å². The van der Waals surface area contributed by atoms with E-state index in [9.17, 15) is 4.79 Å². The van der Waals surface area contributed by atoms with E-state index in [2.05, 4.69) is 4.74 Å². The van der Waals surface area contributed by atoms with Crippen molar-refractivity contribution in [1.82, 2.24) is 0 Å². The number of ether oxygens (including phenoxy) is 1. The molecule has 0 heterocycles. The number of hydrogen-bond acceptors (Lipinski definition) is 3. The summed E-state index contributed by atoms with van der Waals surface area (Å²) in [6.07, 6.45) is 0. The van der Waals surface area contributed by atoms with Crippen LogP contribution in [-0.4, -0.2) is 13.1 Å². The van der Waals surface area contributed by atoms with Crippen LogP contribution in [0, 0.1) is 11.3 Å². The van der Waals surface area contributed by atoms with Crippen molar-refractivity contribution in [3.63, 3.8) is 0 Å². The summed E-state index contributed by atoms with van der Waals surface area (Å²) in [7, 11) is 1.28. The Balaban J connectivity index is 2.88. The molecule has 0 saturated heterocycles. The zero-order valence-corrected chi connectivity index (χ0v) is 8.28. The Morgan fingerprint density at radius 3 is 2.50 bits per heavy atom. The molecule has 0 saturated carbocycles. The second-order valence-electron chi connectivity index (χ2n) is 2.62. The van der Waals surface area contributed by atoms with Gasteiger partial charge in [-0.1, -0.05) is 12.1 Å². The highest BCUT2D eigenvalue weighted by Crippen LogP contribution is 2.21. The molecule has 0 aliphatic heterocycles. The summed E-state index contributed by atoms with van der Waals surface area (Å²) in [4.78, 5) is 11.0. The number of benzene rings is 1. The molecule has 72 valence electrons. The number of esters is 1. The van der Waals surface area contributed by atoms with Crippen LogP contribution in [0.2, 0.25) is 0 Å². The lowest BCUT2D eigenvalue weighted by Crippen LogP contribution is -2.08. The van der Waals surface area contributed by atoms with Crippen LogP contribution >= 0.6 is 11.6 Å². The summed E-state index contributed by atoms with van der Waals surface area (Å²) in [5, 5.41) is 7.74. The second-order valence-corrected chi connectivity index (χ2v) is 3.06. The Bertz CT molecular complexity index is 367. The van der Waals surface area contributed by atoms with Crippen LogP contribution in [0.1, 0.15) is 16.5 Å². The van der Waals surface area contributed by atoms with E-state index in [1.807, 2.05) is 6.07 Å². The lowest BCUT2D eigenvalue weighted by Gasteiger charge is -2.06. The number of nitriles is 1. The molecule has 0 spiro atoms. The van der Waals surface area contributed by atoms with Crippen molar-refractivity contribution < 1.29 is 9.53 Å². The van der Waals surface area contributed by atoms with Crippen molar-refractivity contribution in [2.75, 3.05) is 7.11 Å². The first-order valence-corrected chi connectivity index (χ1v) is 4.34. The molecule has 0 aliphatic rings. The van der Waals surface area contributed by atoms with Gasteiger partial charge in [-0.15, -0.1) is 11.6 Å². The zero-order chi connectivity index (χ0) is 10.6. The summed E-state index contributed by atoms with van der Waals surface area (Å²) in [5.41, 5.74) is 1.15. The Morgan fingerprint density at radius 2 is 2.07 bits per heavy atom. The van der Waals surface area contributed by atoms with Gasteiger partial charge in [-0.3, -0.25) is 4.79 Å². The fourth-order valence-electron chi connectivity index (χ4n) is 0.966. The first-order valence-electron chi connectivity index (χ1n) is 3.91. The average Bonchev–Trinajstić information content (AvgIpc) is 2.27. The molecule has 1 rings (SSSR count). The van der Waals surface area contributed by atoms with Crippen LogP contribution in [0.25, 0.3) is 0 Å². The van der Waals surface area contributed by atoms with Gasteiger partial charge < -0.3 is 4.74 Å². The number of halogens is 1. The van der Waals surface area contributed by atoms with Gasteiger partial charge in [-0.25, -0.2) is 0 Å². The molecule has 14 heavy (non-hydrogen) atoms. The fraction of sp³-hybridized carbons (Fsp3) is 0.200. The van der Waals surface area contributed by atoms with Crippen LogP contribution in [-0.2, 0) is 9.53 Å². The minimum absolute atomic E-state index is 0.503. The number of carbonyl (C=O) groups is 1. The number of carbonyl (C=O) groups excluding carboxylic acids is 1. The van der Waals surface area contributed by atoms with Crippen molar-refractivity contribution in [3.8, 4) is 6.07 Å². The molecule has 0 aromatic heterocycles. The Labute approximate surface area is 86.9 Å². The summed E-state index contributed by atoms with van der Waals surface area (Å²) in [6, 6.07) is 8.45. The summed E-state index contributed by atoms with van der Waals surface area (Å²) < 4.78 is 4.49. The molecule has 0 bridgehead atoms. The standard InChI is InChI=1S/C10H8ClNO2/c1-14-10(13)9(11)8-4-2-7(6-12)3-5-8/h2-5,9H,1H3/t9-/m0/s1. The van der Waals surface area contributed by atoms with E-state index in [0.29, 0.717) is 11.1 Å². The number of rotatable bonds is 2. The van der Waals surface area contributed by atoms with Crippen molar-refractivity contribution in [1.29, 1.82) is 5.26 Å². The van der Waals surface area contributed by atoms with Crippen molar-refractivity contribution in [2.24, 2.45) is 0 Å². The normalized spacial score (nSPS) is 11.5. The van der Waals surface area contributed by atoms with Crippen molar-refractivity contribution in [3.05, 3.63) is 35.4 Å². The van der Waals surface area contributed by atoms with Crippen LogP contribution < -0.4 is 0 Å². The molecule has 0 radical (unpaired) electrons. The van der Waals surface area contributed by atoms with Crippen LogP contribution in [0.5, 0.6) is 0 Å². The van der Waals surface area contributed by atoms with Gasteiger partial charge in [-0.2, -0.15) is 5.26 Å². The molecule has 0 aliphatic carbocycles. The highest BCUT2D eigenvalue weighted by molar-refractivity contribution is 6.29. The molecule has 1 aromatic carbocycles. The van der Waals surface area contributed by atoms with E-state index in [1.165, 1.54) is 7.11 Å². The third-order valence-electron chi connectivity index (χ3n) is 1.74. The first-order chi connectivity index (χ1) is 6.69. The van der Waals surface area contributed by atoms with Gasteiger partial charge in [-0.05, 0) is 17.7 Å². The highest BCUT2D eigenvalue weighted by atomic mass is 35.5. The summed E-state index contributed by atoms with van der Waals surface area (Å²) in [5.74, 6) is -0.503. The topological polar surface area (TPSA) is 50.1 Å². The van der Waals surface area contributed by atoms with Crippen molar-refractivity contribution >= 4 is 17.6 Å². The molecule has 1 atom stereocenters. The SMILES string of the molecule is COC(=O)[C@@H](Cl)c1ccc(C#N)cc1. The van der Waals surface area contributed by atoms with Crippen LogP contribution in [0.3, 0.4) is 0 Å². The van der Waals surface area contributed by atoms with E-state index in [4.69, 9.17) is 16.9 Å². The van der Waals surface area contributed by atoms with Gasteiger partial charge in [0.15, 0.2) is 5.38 Å². The molecule has 0 fully saturated rings. The largest absolute Gasteiger partial charge is 0.468 e. The first kappa shape index (κ1) is 10.6. The third-order valence-corrected chi connectivity index (χ3v) is 2.17. The third kappa shape index (κ3) is 2.24. The van der Waals surface area contributed by atoms with Crippen molar-refractivity contribution in [2.45, 2.75) is 5.38 Å². The smallest absolute Gasteiger partial charge is 0.328 e. The molecule has 0 unspecified atom stereocenters. The molecular formula is C10H8ClNO2. The quantitative estimate of drug-likeness (QED) is 0.553. The monoisotopic (exact) mass is 209 g/mol. The van der Waals surface area contributed by atoms with Gasteiger partial charge in [0, 0.05) is 0 Å². The highest BCUT2D eigenvalue weighted by Gasteiger charge is 2.17. The van der Waals surface area contributed by atoms with Gasteiger partial charge in [0.2, 0.25) is 0 Å². The maximum atomic E-state index is 11.0. The molecule has 4 heteroatoms. The number of hydrogen-bond donors (Lipinski definition) is 0. The van der Waals surface area contributed by atoms with E-state index in [0.717, 1.165) is 0 Å². The zero-order valence-electron chi connectivity index (χ0n) is 7.53. The molecule has 3 nitrogen and oxygen atoms in total. The minimum atomic E-state index is -0.812. The van der Waals surface area contributed by atoms with Gasteiger partial charge in [0.25, 0.3) is 0 Å². The van der Waals surface area contributed by atoms with E-state index < -0.39 is 11.3 Å². The molecule has 1 aromatic rings. The second kappa shape index (κ2) is 4.64. The molecular weight excluding hydrogens is 202 g/mol. The molecule has 0 amide bonds. The maximum Gasteiger partial charge on any atom is 0.328 e. The number of methoxy groups -OCH3 is 1. The predicted molar refractivity (Wildman–Crippen MR) is 51.8 cm³/mol. The Kier molecular flexibility index (Phi) is 3.49. The lowest BCUT2D eigenvalue weighted by molar-refractivity contribution is -0.140. The van der Waals surface area contributed by atoms with E-state index in [-0.39, 0.29) is 0 Å². The van der Waals surface area contributed by atoms with Crippen LogP contribution in [0.15, 0.2) is 24.3 Å². The van der Waals surface area contributed by atoms with Crippen LogP contribution in [0.4, 0.5) is 0 Å². The predicted octanol–water partition coefficient (Wildman–Crippen LogP) is 2.01. The fourth-order valence-corrected chi connectivity index (χ4v) is 1.20. The van der Waals surface area contributed by atoms with E-state index >= 15 is 0 Å². The summed E-state index contributed by atoms with van der Waals surface area (Å²) >= 11 is 5.79. The summed E-state index contributed by atoms with van der Waals surface area (Å²) in [6.45, 7) is 0. The lowest BCUT2D eigenvalue weighted by atomic mass is 10.1.